The van der Waals surface area contributed by atoms with Gasteiger partial charge in [0.15, 0.2) is 0 Å². The molecule has 31 heavy (non-hydrogen) atoms. The second-order valence-corrected chi connectivity index (χ2v) is 8.67. The van der Waals surface area contributed by atoms with Crippen molar-refractivity contribution in [3.63, 3.8) is 0 Å². The summed E-state index contributed by atoms with van der Waals surface area (Å²) in [5.41, 5.74) is 2.71. The average Bonchev–Trinajstić information content (AvgIpc) is 3.18. The lowest BCUT2D eigenvalue weighted by Crippen LogP contribution is -2.56. The van der Waals surface area contributed by atoms with Gasteiger partial charge in [-0.25, -0.2) is 4.79 Å². The molecule has 0 N–H and O–H groups in total. The first-order valence-corrected chi connectivity index (χ1v) is 11.2. The Labute approximate surface area is 183 Å². The predicted molar refractivity (Wildman–Crippen MR) is 117 cm³/mol. The number of aryl methyl sites for hydroxylation is 3. The van der Waals surface area contributed by atoms with Gasteiger partial charge in [0.05, 0.1) is 5.69 Å². The molecule has 8 heteroatoms. The monoisotopic (exact) mass is 424 g/mol. The van der Waals surface area contributed by atoms with Crippen LogP contribution in [0.15, 0.2) is 30.7 Å². The molecule has 8 nitrogen and oxygen atoms in total. The average molecular weight is 425 g/mol. The number of likely N-dealkylation sites (N-methyl/N-ethyl adjacent to an activating group) is 1. The van der Waals surface area contributed by atoms with Crippen LogP contribution >= 0.6 is 0 Å². The first kappa shape index (κ1) is 21.5. The third-order valence-corrected chi connectivity index (χ3v) is 6.70. The van der Waals surface area contributed by atoms with Crippen molar-refractivity contribution in [2.45, 2.75) is 51.6 Å². The number of likely N-dealkylation sites (tertiary alicyclic amines) is 1. The SMILES string of the molecule is CCN1C(=O)N(CCCc2cccnc2)C(=O)C12CCN(Cc1cn(C)nc1C)CC2. The summed E-state index contributed by atoms with van der Waals surface area (Å²) in [6.45, 7) is 7.45. The van der Waals surface area contributed by atoms with Crippen LogP contribution in [0, 0.1) is 6.92 Å². The van der Waals surface area contributed by atoms with E-state index in [1.165, 1.54) is 10.5 Å². The van der Waals surface area contributed by atoms with Crippen LogP contribution in [0.2, 0.25) is 0 Å². The van der Waals surface area contributed by atoms with E-state index >= 15 is 0 Å². The molecule has 4 heterocycles. The topological polar surface area (TPSA) is 74.6 Å². The van der Waals surface area contributed by atoms with Gasteiger partial charge in [-0.3, -0.25) is 24.3 Å². The Balaban J connectivity index is 1.39. The van der Waals surface area contributed by atoms with Gasteiger partial charge in [-0.1, -0.05) is 6.07 Å². The molecule has 166 valence electrons. The molecule has 2 saturated heterocycles. The molecule has 0 radical (unpaired) electrons. The maximum Gasteiger partial charge on any atom is 0.327 e. The van der Waals surface area contributed by atoms with Gasteiger partial charge in [0.1, 0.15) is 5.54 Å². The quantitative estimate of drug-likeness (QED) is 0.638. The number of urea groups is 1. The summed E-state index contributed by atoms with van der Waals surface area (Å²) < 4.78 is 1.84. The molecule has 2 aromatic heterocycles. The van der Waals surface area contributed by atoms with E-state index in [9.17, 15) is 9.59 Å². The maximum atomic E-state index is 13.4. The molecule has 0 aliphatic carbocycles. The van der Waals surface area contributed by atoms with Gasteiger partial charge >= 0.3 is 6.03 Å². The molecule has 2 aromatic rings. The first-order chi connectivity index (χ1) is 14.9. The third kappa shape index (κ3) is 4.08. The predicted octanol–water partition coefficient (Wildman–Crippen LogP) is 2.38. The van der Waals surface area contributed by atoms with Crippen LogP contribution in [-0.2, 0) is 24.8 Å². The summed E-state index contributed by atoms with van der Waals surface area (Å²) in [7, 11) is 1.94. The lowest BCUT2D eigenvalue weighted by Gasteiger charge is -2.41. The summed E-state index contributed by atoms with van der Waals surface area (Å²) in [6, 6.07) is 3.81. The zero-order valence-corrected chi connectivity index (χ0v) is 18.8. The number of hydrogen-bond acceptors (Lipinski definition) is 5. The molecule has 2 fully saturated rings. The smallest absolute Gasteiger partial charge is 0.310 e. The van der Waals surface area contributed by atoms with Crippen LogP contribution in [0.3, 0.4) is 0 Å². The number of hydrogen-bond donors (Lipinski definition) is 0. The van der Waals surface area contributed by atoms with E-state index in [2.05, 4.69) is 21.2 Å². The van der Waals surface area contributed by atoms with Gasteiger partial charge in [-0.05, 0) is 51.2 Å². The van der Waals surface area contributed by atoms with Crippen LogP contribution in [0.4, 0.5) is 4.79 Å². The number of carbonyl (C=O) groups is 2. The summed E-state index contributed by atoms with van der Waals surface area (Å²) in [4.78, 5) is 36.3. The summed E-state index contributed by atoms with van der Waals surface area (Å²) in [5, 5.41) is 4.43. The van der Waals surface area contributed by atoms with Gasteiger partial charge in [0.25, 0.3) is 5.91 Å². The summed E-state index contributed by atoms with van der Waals surface area (Å²) in [5.74, 6) is -0.0113. The summed E-state index contributed by atoms with van der Waals surface area (Å²) in [6.07, 6.45) is 8.58. The number of rotatable bonds is 7. The number of imide groups is 1. The van der Waals surface area contributed by atoms with Crippen molar-refractivity contribution in [3.8, 4) is 0 Å². The molecule has 0 bridgehead atoms. The normalized spacial score (nSPS) is 19.1. The highest BCUT2D eigenvalue weighted by atomic mass is 16.2. The van der Waals surface area contributed by atoms with Crippen LogP contribution < -0.4 is 0 Å². The fourth-order valence-corrected chi connectivity index (χ4v) is 5.01. The number of aromatic nitrogens is 3. The van der Waals surface area contributed by atoms with Gasteiger partial charge < -0.3 is 4.90 Å². The second-order valence-electron chi connectivity index (χ2n) is 8.67. The highest BCUT2D eigenvalue weighted by molar-refractivity contribution is 6.07. The largest absolute Gasteiger partial charge is 0.327 e. The lowest BCUT2D eigenvalue weighted by molar-refractivity contribution is -0.135. The minimum atomic E-state index is -0.680. The number of carbonyl (C=O) groups excluding carboxylic acids is 2. The lowest BCUT2D eigenvalue weighted by atomic mass is 9.85. The molecular weight excluding hydrogens is 392 g/mol. The Kier molecular flexibility index (Phi) is 6.09. The number of nitrogens with zero attached hydrogens (tertiary/aromatic N) is 6. The Morgan fingerprint density at radius 2 is 1.97 bits per heavy atom. The van der Waals surface area contributed by atoms with Crippen molar-refractivity contribution >= 4 is 11.9 Å². The van der Waals surface area contributed by atoms with E-state index in [0.717, 1.165) is 43.7 Å². The highest BCUT2D eigenvalue weighted by Crippen LogP contribution is 2.37. The van der Waals surface area contributed by atoms with Crippen LogP contribution in [0.1, 0.15) is 43.0 Å². The number of piperidine rings is 1. The second kappa shape index (κ2) is 8.78. The minimum Gasteiger partial charge on any atom is -0.310 e. The van der Waals surface area contributed by atoms with Gasteiger partial charge in [-0.15, -0.1) is 0 Å². The van der Waals surface area contributed by atoms with Crippen LogP contribution in [-0.4, -0.2) is 73.1 Å². The van der Waals surface area contributed by atoms with E-state index in [1.54, 1.807) is 6.20 Å². The Morgan fingerprint density at radius 3 is 2.58 bits per heavy atom. The zero-order chi connectivity index (χ0) is 22.0. The molecule has 1 spiro atoms. The van der Waals surface area contributed by atoms with Crippen LogP contribution in [0.5, 0.6) is 0 Å². The fourth-order valence-electron chi connectivity index (χ4n) is 5.01. The zero-order valence-electron chi connectivity index (χ0n) is 18.8. The van der Waals surface area contributed by atoms with Crippen molar-refractivity contribution in [3.05, 3.63) is 47.5 Å². The molecule has 2 aliphatic heterocycles. The van der Waals surface area contributed by atoms with Crippen molar-refractivity contribution in [1.29, 1.82) is 0 Å². The van der Waals surface area contributed by atoms with E-state index < -0.39 is 5.54 Å². The molecule has 0 saturated carbocycles. The van der Waals surface area contributed by atoms with E-state index in [-0.39, 0.29) is 11.9 Å². The molecule has 4 rings (SSSR count). The maximum absolute atomic E-state index is 13.4. The van der Waals surface area contributed by atoms with Crippen LogP contribution in [0.25, 0.3) is 0 Å². The van der Waals surface area contributed by atoms with Crippen molar-refractivity contribution in [2.24, 2.45) is 7.05 Å². The molecule has 0 unspecified atom stereocenters. The third-order valence-electron chi connectivity index (χ3n) is 6.70. The standard InChI is InChI=1S/C23H32N6O2/c1-4-29-22(31)28(12-6-8-19-7-5-11-24-15-19)21(30)23(29)9-13-27(14-10-23)17-20-16-26(3)25-18(20)2/h5,7,11,15-16H,4,6,8-10,12-14,17H2,1-3H3. The molecule has 0 atom stereocenters. The fraction of sp³-hybridized carbons (Fsp3) is 0.565. The first-order valence-electron chi connectivity index (χ1n) is 11.2. The van der Waals surface area contributed by atoms with Crippen molar-refractivity contribution in [1.82, 2.24) is 29.5 Å². The molecule has 2 aliphatic rings. The van der Waals surface area contributed by atoms with Gasteiger partial charge in [-0.2, -0.15) is 5.10 Å². The Morgan fingerprint density at radius 1 is 1.19 bits per heavy atom. The molecule has 0 aromatic carbocycles. The number of pyridine rings is 1. The van der Waals surface area contributed by atoms with Crippen molar-refractivity contribution in [2.75, 3.05) is 26.2 Å². The number of amides is 3. The minimum absolute atomic E-state index is 0.0113. The highest BCUT2D eigenvalue weighted by Gasteiger charge is 2.57. The van der Waals surface area contributed by atoms with Gasteiger partial charge in [0, 0.05) is 63.9 Å². The molecule has 3 amide bonds. The van der Waals surface area contributed by atoms with E-state index in [0.29, 0.717) is 25.9 Å². The van der Waals surface area contributed by atoms with Gasteiger partial charge in [0.2, 0.25) is 0 Å². The van der Waals surface area contributed by atoms with Crippen molar-refractivity contribution < 1.29 is 9.59 Å². The van der Waals surface area contributed by atoms with E-state index in [4.69, 9.17) is 0 Å². The molecular formula is C23H32N6O2. The summed E-state index contributed by atoms with van der Waals surface area (Å²) >= 11 is 0. The van der Waals surface area contributed by atoms with E-state index in [1.807, 2.05) is 48.8 Å². The Hall–Kier alpha value is -2.74. The Bertz CT molecular complexity index is 933.